The van der Waals surface area contributed by atoms with Crippen LogP contribution in [0.25, 0.3) is 0 Å². The summed E-state index contributed by atoms with van der Waals surface area (Å²) in [5, 5.41) is 0. The number of pyridine rings is 1. The summed E-state index contributed by atoms with van der Waals surface area (Å²) in [7, 11) is 3.07. The van der Waals surface area contributed by atoms with E-state index in [0.29, 0.717) is 22.6 Å². The lowest BCUT2D eigenvalue weighted by Gasteiger charge is -2.12. The minimum atomic E-state index is -0.101. The van der Waals surface area contributed by atoms with Gasteiger partial charge in [-0.3, -0.25) is 9.78 Å². The van der Waals surface area contributed by atoms with Crippen LogP contribution in [0, 0.1) is 6.92 Å². The van der Waals surface area contributed by atoms with Gasteiger partial charge < -0.3 is 9.47 Å². The molecule has 0 unspecified atom stereocenters. The quantitative estimate of drug-likeness (QED) is 0.790. The molecule has 0 aliphatic carbocycles. The van der Waals surface area contributed by atoms with Crippen LogP contribution in [0.15, 0.2) is 36.7 Å². The van der Waals surface area contributed by atoms with E-state index >= 15 is 0 Å². The monoisotopic (exact) mass is 257 g/mol. The zero-order chi connectivity index (χ0) is 13.8. The normalized spacial score (nSPS) is 10.1. The molecule has 0 N–H and O–H groups in total. The number of rotatable bonds is 4. The number of ketones is 1. The van der Waals surface area contributed by atoms with Crippen LogP contribution in [0.1, 0.15) is 21.5 Å². The number of carbonyl (C=O) groups is 1. The fourth-order valence-electron chi connectivity index (χ4n) is 1.94. The number of carbonyl (C=O) groups excluding carboxylic acids is 1. The predicted molar refractivity (Wildman–Crippen MR) is 72.0 cm³/mol. The number of hydrogen-bond acceptors (Lipinski definition) is 4. The van der Waals surface area contributed by atoms with Gasteiger partial charge in [0.1, 0.15) is 0 Å². The fourth-order valence-corrected chi connectivity index (χ4v) is 1.94. The Morgan fingerprint density at radius 3 is 2.53 bits per heavy atom. The van der Waals surface area contributed by atoms with E-state index in [-0.39, 0.29) is 5.78 Å². The lowest BCUT2D eigenvalue weighted by Crippen LogP contribution is -2.07. The maximum absolute atomic E-state index is 12.6. The molecule has 0 fully saturated rings. The number of aromatic nitrogens is 1. The number of aryl methyl sites for hydroxylation is 1. The number of ether oxygens (including phenoxy) is 2. The standard InChI is InChI=1S/C15H15NO3/c1-10-9-16-8-7-11(10)14(17)12-5-4-6-13(18-2)15(12)19-3/h4-9H,1-3H3. The van der Waals surface area contributed by atoms with E-state index in [2.05, 4.69) is 4.98 Å². The van der Waals surface area contributed by atoms with Crippen molar-refractivity contribution in [3.8, 4) is 11.5 Å². The second-order valence-corrected chi connectivity index (χ2v) is 4.06. The molecule has 0 aliphatic rings. The Bertz CT molecular complexity index is 608. The average Bonchev–Trinajstić information content (AvgIpc) is 2.46. The second-order valence-electron chi connectivity index (χ2n) is 4.06. The molecule has 1 aromatic carbocycles. The van der Waals surface area contributed by atoms with Crippen molar-refractivity contribution in [3.05, 3.63) is 53.3 Å². The molecule has 2 aromatic rings. The van der Waals surface area contributed by atoms with Crippen LogP contribution in [-0.4, -0.2) is 25.0 Å². The lowest BCUT2D eigenvalue weighted by molar-refractivity contribution is 0.103. The van der Waals surface area contributed by atoms with Gasteiger partial charge in [-0.2, -0.15) is 0 Å². The Morgan fingerprint density at radius 2 is 1.89 bits per heavy atom. The van der Waals surface area contributed by atoms with Crippen molar-refractivity contribution in [2.45, 2.75) is 6.92 Å². The summed E-state index contributed by atoms with van der Waals surface area (Å²) in [4.78, 5) is 16.5. The van der Waals surface area contributed by atoms with Crippen LogP contribution >= 0.6 is 0 Å². The molecule has 0 saturated carbocycles. The molecule has 2 rings (SSSR count). The highest BCUT2D eigenvalue weighted by molar-refractivity contribution is 6.11. The highest BCUT2D eigenvalue weighted by Crippen LogP contribution is 2.32. The number of nitrogens with zero attached hydrogens (tertiary/aromatic N) is 1. The Kier molecular flexibility index (Phi) is 3.80. The number of benzene rings is 1. The zero-order valence-electron chi connectivity index (χ0n) is 11.1. The summed E-state index contributed by atoms with van der Waals surface area (Å²) in [6.45, 7) is 1.85. The summed E-state index contributed by atoms with van der Waals surface area (Å²) < 4.78 is 10.5. The van der Waals surface area contributed by atoms with Crippen LogP contribution in [0.5, 0.6) is 11.5 Å². The van der Waals surface area contributed by atoms with Crippen molar-refractivity contribution in [2.75, 3.05) is 14.2 Å². The van der Waals surface area contributed by atoms with Crippen molar-refractivity contribution >= 4 is 5.78 Å². The van der Waals surface area contributed by atoms with E-state index in [4.69, 9.17) is 9.47 Å². The number of methoxy groups -OCH3 is 2. The number of para-hydroxylation sites is 1. The van der Waals surface area contributed by atoms with E-state index in [1.54, 1.807) is 43.8 Å². The first kappa shape index (κ1) is 13.1. The van der Waals surface area contributed by atoms with Gasteiger partial charge in [0.25, 0.3) is 0 Å². The van der Waals surface area contributed by atoms with Crippen molar-refractivity contribution in [3.63, 3.8) is 0 Å². The topological polar surface area (TPSA) is 48.4 Å². The van der Waals surface area contributed by atoms with Gasteiger partial charge in [-0.25, -0.2) is 0 Å². The molecular formula is C15H15NO3. The second kappa shape index (κ2) is 5.52. The van der Waals surface area contributed by atoms with E-state index in [0.717, 1.165) is 5.56 Å². The molecule has 1 heterocycles. The first-order valence-corrected chi connectivity index (χ1v) is 5.85. The molecule has 19 heavy (non-hydrogen) atoms. The van der Waals surface area contributed by atoms with Crippen molar-refractivity contribution < 1.29 is 14.3 Å². The van der Waals surface area contributed by atoms with Crippen LogP contribution < -0.4 is 9.47 Å². The van der Waals surface area contributed by atoms with Gasteiger partial charge in [0.05, 0.1) is 19.8 Å². The van der Waals surface area contributed by atoms with Gasteiger partial charge in [-0.1, -0.05) is 6.07 Å². The Labute approximate surface area is 112 Å². The summed E-state index contributed by atoms with van der Waals surface area (Å²) in [5.41, 5.74) is 1.93. The zero-order valence-corrected chi connectivity index (χ0v) is 11.1. The molecule has 0 saturated heterocycles. The van der Waals surface area contributed by atoms with Crippen LogP contribution in [0.3, 0.4) is 0 Å². The molecule has 0 radical (unpaired) electrons. The minimum Gasteiger partial charge on any atom is -0.493 e. The molecule has 0 amide bonds. The average molecular weight is 257 g/mol. The fraction of sp³-hybridized carbons (Fsp3) is 0.200. The summed E-state index contributed by atoms with van der Waals surface area (Å²) >= 11 is 0. The first-order chi connectivity index (χ1) is 9.19. The SMILES string of the molecule is COc1cccc(C(=O)c2ccncc2C)c1OC. The van der Waals surface area contributed by atoms with Gasteiger partial charge in [-0.05, 0) is 30.7 Å². The summed E-state index contributed by atoms with van der Waals surface area (Å²) in [6.07, 6.45) is 3.27. The lowest BCUT2D eigenvalue weighted by atomic mass is 10.00. The van der Waals surface area contributed by atoms with Gasteiger partial charge in [0.15, 0.2) is 17.3 Å². The summed E-state index contributed by atoms with van der Waals surface area (Å²) in [6, 6.07) is 6.96. The third-order valence-electron chi connectivity index (χ3n) is 2.91. The highest BCUT2D eigenvalue weighted by Gasteiger charge is 2.19. The van der Waals surface area contributed by atoms with Crippen molar-refractivity contribution in [1.29, 1.82) is 0 Å². The Morgan fingerprint density at radius 1 is 1.11 bits per heavy atom. The maximum atomic E-state index is 12.6. The van der Waals surface area contributed by atoms with Gasteiger partial charge in [-0.15, -0.1) is 0 Å². The van der Waals surface area contributed by atoms with Gasteiger partial charge in [0, 0.05) is 18.0 Å². The predicted octanol–water partition coefficient (Wildman–Crippen LogP) is 2.64. The van der Waals surface area contributed by atoms with Crippen LogP contribution in [0.2, 0.25) is 0 Å². The highest BCUT2D eigenvalue weighted by atomic mass is 16.5. The Balaban J connectivity index is 2.54. The molecule has 0 atom stereocenters. The van der Waals surface area contributed by atoms with Crippen molar-refractivity contribution in [2.24, 2.45) is 0 Å². The molecule has 4 nitrogen and oxygen atoms in total. The Hall–Kier alpha value is -2.36. The van der Waals surface area contributed by atoms with Crippen molar-refractivity contribution in [1.82, 2.24) is 4.98 Å². The van der Waals surface area contributed by atoms with Crippen LogP contribution in [-0.2, 0) is 0 Å². The smallest absolute Gasteiger partial charge is 0.197 e. The van der Waals surface area contributed by atoms with Gasteiger partial charge in [0.2, 0.25) is 0 Å². The largest absolute Gasteiger partial charge is 0.493 e. The molecule has 0 spiro atoms. The molecule has 4 heteroatoms. The maximum Gasteiger partial charge on any atom is 0.197 e. The first-order valence-electron chi connectivity index (χ1n) is 5.85. The third kappa shape index (κ3) is 2.42. The number of hydrogen-bond donors (Lipinski definition) is 0. The van der Waals surface area contributed by atoms with E-state index < -0.39 is 0 Å². The third-order valence-corrected chi connectivity index (χ3v) is 2.91. The molecule has 0 bridgehead atoms. The minimum absolute atomic E-state index is 0.101. The van der Waals surface area contributed by atoms with E-state index in [9.17, 15) is 4.79 Å². The molecule has 1 aromatic heterocycles. The summed E-state index contributed by atoms with van der Waals surface area (Å²) in [5.74, 6) is 0.891. The van der Waals surface area contributed by atoms with Gasteiger partial charge >= 0.3 is 0 Å². The molecular weight excluding hydrogens is 242 g/mol. The molecule has 0 aliphatic heterocycles. The van der Waals surface area contributed by atoms with E-state index in [1.165, 1.54) is 7.11 Å². The van der Waals surface area contributed by atoms with E-state index in [1.807, 2.05) is 6.92 Å². The molecule has 98 valence electrons. The van der Waals surface area contributed by atoms with Crippen LogP contribution in [0.4, 0.5) is 0 Å².